The van der Waals surface area contributed by atoms with Gasteiger partial charge in [-0.1, -0.05) is 69.5 Å². The zero-order valence-corrected chi connectivity index (χ0v) is 21.8. The van der Waals surface area contributed by atoms with Gasteiger partial charge in [0.15, 0.2) is 0 Å². The second-order valence-corrected chi connectivity index (χ2v) is 10.6. The molecule has 0 aromatic heterocycles. The minimum atomic E-state index is -0.633. The van der Waals surface area contributed by atoms with Gasteiger partial charge in [-0.15, -0.1) is 0 Å². The molecule has 0 saturated carbocycles. The van der Waals surface area contributed by atoms with E-state index in [0.29, 0.717) is 12.2 Å². The third-order valence-corrected chi connectivity index (χ3v) is 8.58. The maximum atomic E-state index is 13.4. The molecule has 4 atom stereocenters. The van der Waals surface area contributed by atoms with Crippen molar-refractivity contribution in [2.24, 2.45) is 17.8 Å². The molecule has 4 unspecified atom stereocenters. The van der Waals surface area contributed by atoms with Crippen molar-refractivity contribution >= 4 is 46.3 Å². The first-order chi connectivity index (χ1) is 17.9. The van der Waals surface area contributed by atoms with E-state index in [-0.39, 0.29) is 31.1 Å². The Balaban J connectivity index is 1.49. The van der Waals surface area contributed by atoms with Crippen LogP contribution >= 0.6 is 11.9 Å². The van der Waals surface area contributed by atoms with Gasteiger partial charge in [0.1, 0.15) is 18.9 Å². The number of rotatable bonds is 9. The van der Waals surface area contributed by atoms with Crippen LogP contribution in [0.25, 0.3) is 10.8 Å². The fourth-order valence-corrected chi connectivity index (χ4v) is 6.77. The van der Waals surface area contributed by atoms with Gasteiger partial charge in [0.25, 0.3) is 0 Å². The highest BCUT2D eigenvalue weighted by Gasteiger charge is 2.61. The first kappa shape index (κ1) is 25.1. The Morgan fingerprint density at radius 1 is 1.14 bits per heavy atom. The summed E-state index contributed by atoms with van der Waals surface area (Å²) in [6, 6.07) is 12.3. The van der Waals surface area contributed by atoms with Crippen molar-refractivity contribution in [2.75, 3.05) is 24.1 Å². The van der Waals surface area contributed by atoms with E-state index in [2.05, 4.69) is 47.8 Å². The minimum Gasteiger partial charge on any atom is -0.461 e. The van der Waals surface area contributed by atoms with Crippen LogP contribution in [0.1, 0.15) is 19.4 Å². The maximum absolute atomic E-state index is 13.4. The van der Waals surface area contributed by atoms with Gasteiger partial charge < -0.3 is 18.7 Å². The van der Waals surface area contributed by atoms with Crippen LogP contribution in [-0.2, 0) is 29.6 Å². The van der Waals surface area contributed by atoms with Crippen LogP contribution in [-0.4, -0.2) is 48.5 Å². The van der Waals surface area contributed by atoms with Gasteiger partial charge in [0.05, 0.1) is 30.1 Å². The Bertz CT molecular complexity index is 1330. The topological polar surface area (TPSA) is 76.1 Å². The van der Waals surface area contributed by atoms with Crippen molar-refractivity contribution in [3.8, 4) is 0 Å². The first-order valence-electron chi connectivity index (χ1n) is 12.4. The van der Waals surface area contributed by atoms with E-state index < -0.39 is 23.8 Å². The largest absolute Gasteiger partial charge is 0.461 e. The highest BCUT2D eigenvalue weighted by molar-refractivity contribution is 8.00. The molecule has 2 aromatic carbocycles. The summed E-state index contributed by atoms with van der Waals surface area (Å²) in [5.41, 5.74) is 3.49. The molecule has 5 rings (SSSR count). The lowest BCUT2D eigenvalue weighted by Gasteiger charge is -2.47. The lowest BCUT2D eigenvalue weighted by molar-refractivity contribution is -0.168. The van der Waals surface area contributed by atoms with E-state index in [1.165, 1.54) is 33.4 Å². The number of carbonyl (C=O) groups excluding carboxylic acids is 3. The lowest BCUT2D eigenvalue weighted by Crippen LogP contribution is -2.63. The van der Waals surface area contributed by atoms with Crippen LogP contribution in [0.2, 0.25) is 0 Å². The Morgan fingerprint density at radius 2 is 1.84 bits per heavy atom. The van der Waals surface area contributed by atoms with Crippen molar-refractivity contribution in [1.29, 1.82) is 0 Å². The molecule has 8 heteroatoms. The number of nitrogens with zero attached hydrogens (tertiary/aromatic N) is 2. The highest BCUT2D eigenvalue weighted by atomic mass is 32.2. The summed E-state index contributed by atoms with van der Waals surface area (Å²) in [7, 11) is 0. The van der Waals surface area contributed by atoms with Gasteiger partial charge in [-0.25, -0.2) is 4.79 Å². The average Bonchev–Trinajstić information content (AvgIpc) is 3.15. The Kier molecular flexibility index (Phi) is 6.86. The summed E-state index contributed by atoms with van der Waals surface area (Å²) in [6.07, 6.45) is 3.00. The monoisotopic (exact) mass is 518 g/mol. The molecule has 0 N–H and O–H groups in total. The molecule has 1 saturated heterocycles. The molecule has 0 radical (unpaired) electrons. The summed E-state index contributed by atoms with van der Waals surface area (Å²) in [5, 5.41) is 2.38. The zero-order valence-electron chi connectivity index (χ0n) is 21.0. The fourth-order valence-electron chi connectivity index (χ4n) is 5.71. The van der Waals surface area contributed by atoms with Crippen molar-refractivity contribution < 1.29 is 23.9 Å². The van der Waals surface area contributed by atoms with Crippen molar-refractivity contribution in [3.05, 3.63) is 78.5 Å². The molecule has 0 aliphatic carbocycles. The summed E-state index contributed by atoms with van der Waals surface area (Å²) in [4.78, 5) is 40.7. The van der Waals surface area contributed by atoms with Crippen LogP contribution in [0.5, 0.6) is 0 Å². The number of hydrogen-bond donors (Lipinski definition) is 0. The third-order valence-electron chi connectivity index (χ3n) is 7.50. The number of carbonyl (C=O) groups is 3. The van der Waals surface area contributed by atoms with Gasteiger partial charge in [-0.2, -0.15) is 0 Å². The summed E-state index contributed by atoms with van der Waals surface area (Å²) >= 11 is 1.69. The van der Waals surface area contributed by atoms with E-state index in [1.54, 1.807) is 18.9 Å². The number of esters is 2. The van der Waals surface area contributed by atoms with E-state index in [9.17, 15) is 14.4 Å². The Hall–Kier alpha value is -3.52. The highest BCUT2D eigenvalue weighted by Crippen LogP contribution is 2.50. The molecule has 0 spiro atoms. The van der Waals surface area contributed by atoms with E-state index >= 15 is 0 Å². The molecular formula is C29H30N2O5S. The van der Waals surface area contributed by atoms with Crippen LogP contribution < -0.4 is 4.31 Å². The molecule has 2 aromatic rings. The van der Waals surface area contributed by atoms with E-state index in [1.807, 2.05) is 13.0 Å². The molecular weight excluding hydrogens is 488 g/mol. The molecule has 0 bridgehead atoms. The normalized spacial score (nSPS) is 22.9. The first-order valence-corrected chi connectivity index (χ1v) is 13.4. The smallest absolute Gasteiger partial charge is 0.355 e. The molecule has 3 heterocycles. The van der Waals surface area contributed by atoms with Gasteiger partial charge in [0.2, 0.25) is 5.91 Å². The maximum Gasteiger partial charge on any atom is 0.355 e. The summed E-state index contributed by atoms with van der Waals surface area (Å²) in [5.74, 6) is -1.76. The van der Waals surface area contributed by atoms with Crippen molar-refractivity contribution in [3.63, 3.8) is 0 Å². The standard InChI is InChI=1S/C29H30N2O5S/c1-5-13-35-28(33)18(4)23-25-17(3)21(26(31(25)27(23)32)29(34)36-14-6-2)15-30-22-12-8-10-19-9-7-11-20(16-37-30)24(19)22/h5-12,17-18,23,25H,1-2,13-16H2,3-4H3. The molecule has 3 aliphatic rings. The quantitative estimate of drug-likeness (QED) is 0.207. The average molecular weight is 519 g/mol. The number of ether oxygens (including phenoxy) is 2. The Labute approximate surface area is 220 Å². The van der Waals surface area contributed by atoms with Gasteiger partial charge in [0, 0.05) is 17.1 Å². The van der Waals surface area contributed by atoms with Crippen molar-refractivity contribution in [1.82, 2.24) is 4.90 Å². The van der Waals surface area contributed by atoms with Gasteiger partial charge in [-0.05, 0) is 34.5 Å². The SMILES string of the molecule is C=CCOC(=O)C1=C(CN2SCc3cccc4cccc2c34)C(C)C2C(C(C)C(=O)OCC=C)C(=O)N12. The fraction of sp³-hybridized carbons (Fsp3) is 0.345. The number of fused-ring (bicyclic) bond motifs is 1. The lowest BCUT2D eigenvalue weighted by atomic mass is 9.74. The molecule has 192 valence electrons. The van der Waals surface area contributed by atoms with Crippen LogP contribution in [0, 0.1) is 17.8 Å². The molecule has 1 fully saturated rings. The molecule has 37 heavy (non-hydrogen) atoms. The van der Waals surface area contributed by atoms with Crippen molar-refractivity contribution in [2.45, 2.75) is 25.6 Å². The van der Waals surface area contributed by atoms with Gasteiger partial charge >= 0.3 is 11.9 Å². The predicted molar refractivity (Wildman–Crippen MR) is 144 cm³/mol. The number of hydrogen-bond acceptors (Lipinski definition) is 7. The van der Waals surface area contributed by atoms with E-state index in [4.69, 9.17) is 9.47 Å². The van der Waals surface area contributed by atoms with E-state index in [0.717, 1.165) is 17.0 Å². The molecule has 1 amide bonds. The van der Waals surface area contributed by atoms with Gasteiger partial charge in [-0.3, -0.25) is 9.59 Å². The number of β-lactam (4-membered cyclic amide) rings is 1. The molecule has 3 aliphatic heterocycles. The number of anilines is 1. The summed E-state index contributed by atoms with van der Waals surface area (Å²) < 4.78 is 12.8. The van der Waals surface area contributed by atoms with Crippen LogP contribution in [0.3, 0.4) is 0 Å². The summed E-state index contributed by atoms with van der Waals surface area (Å²) in [6.45, 7) is 11.5. The van der Waals surface area contributed by atoms with Crippen LogP contribution in [0.4, 0.5) is 5.69 Å². The zero-order chi connectivity index (χ0) is 26.3. The minimum absolute atomic E-state index is 0.0511. The number of benzene rings is 2. The molecule has 7 nitrogen and oxygen atoms in total. The third kappa shape index (κ3) is 4.13. The number of amides is 1. The predicted octanol–water partition coefficient (Wildman–Crippen LogP) is 4.63. The van der Waals surface area contributed by atoms with Crippen LogP contribution in [0.15, 0.2) is 73.0 Å². The second kappa shape index (κ2) is 10.1. The second-order valence-electron chi connectivity index (χ2n) is 9.58. The Morgan fingerprint density at radius 3 is 2.57 bits per heavy atom.